The van der Waals surface area contributed by atoms with Crippen LogP contribution in [0.3, 0.4) is 0 Å². The van der Waals surface area contributed by atoms with Crippen LogP contribution >= 0.6 is 0 Å². The highest BCUT2D eigenvalue weighted by atomic mass is 16.5. The molecule has 0 radical (unpaired) electrons. The van der Waals surface area contributed by atoms with Crippen LogP contribution in [-0.2, 0) is 4.74 Å². The Labute approximate surface area is 94.6 Å². The van der Waals surface area contributed by atoms with Crippen molar-refractivity contribution in [3.8, 4) is 0 Å². The predicted octanol–water partition coefficient (Wildman–Crippen LogP) is 3.10. The van der Waals surface area contributed by atoms with Gasteiger partial charge in [-0.1, -0.05) is 20.3 Å². The second kappa shape index (κ2) is 5.86. The first-order chi connectivity index (χ1) is 7.14. The van der Waals surface area contributed by atoms with Gasteiger partial charge in [-0.25, -0.2) is 0 Å². The molecule has 0 spiro atoms. The molecule has 1 rings (SSSR count). The maximum Gasteiger partial charge on any atom is 0.0832 e. The average Bonchev–Trinajstić information content (AvgIpc) is 2.22. The van der Waals surface area contributed by atoms with Crippen LogP contribution in [0.1, 0.15) is 59.3 Å². The van der Waals surface area contributed by atoms with Crippen molar-refractivity contribution in [3.63, 3.8) is 0 Å². The van der Waals surface area contributed by atoms with Gasteiger partial charge in [-0.05, 0) is 44.9 Å². The van der Waals surface area contributed by atoms with E-state index in [-0.39, 0.29) is 11.6 Å². The first-order valence-corrected chi connectivity index (χ1v) is 6.54. The molecular weight excluding hydrogens is 186 g/mol. The zero-order valence-electron chi connectivity index (χ0n) is 10.6. The summed E-state index contributed by atoms with van der Waals surface area (Å²) in [6, 6.07) is 0.231. The third-order valence-corrected chi connectivity index (χ3v) is 3.83. The molecule has 0 unspecified atom stereocenters. The van der Waals surface area contributed by atoms with Crippen molar-refractivity contribution in [2.45, 2.75) is 70.9 Å². The van der Waals surface area contributed by atoms with Crippen LogP contribution in [-0.4, -0.2) is 18.2 Å². The normalized spacial score (nSPS) is 34.0. The van der Waals surface area contributed by atoms with Crippen LogP contribution in [0.15, 0.2) is 0 Å². The lowest BCUT2D eigenvalue weighted by Crippen LogP contribution is -2.52. The molecule has 1 fully saturated rings. The van der Waals surface area contributed by atoms with Crippen LogP contribution in [0, 0.1) is 5.92 Å². The summed E-state index contributed by atoms with van der Waals surface area (Å²) in [7, 11) is 0. The van der Waals surface area contributed by atoms with E-state index in [1.807, 2.05) is 0 Å². The first kappa shape index (κ1) is 13.0. The maximum atomic E-state index is 6.30. The summed E-state index contributed by atoms with van der Waals surface area (Å²) in [5.74, 6) is 0.854. The van der Waals surface area contributed by atoms with E-state index in [9.17, 15) is 0 Å². The van der Waals surface area contributed by atoms with Gasteiger partial charge in [0.1, 0.15) is 0 Å². The van der Waals surface area contributed by atoms with E-state index < -0.39 is 0 Å². The molecule has 2 heteroatoms. The standard InChI is InChI=1S/C13H27NO/c1-4-6-12(14)13(15-5-2)9-7-11(3)8-10-13/h11-12H,4-10,14H2,1-3H3/t11?,12-,13?/m0/s1. The van der Waals surface area contributed by atoms with Crippen molar-refractivity contribution in [2.75, 3.05) is 6.61 Å². The maximum absolute atomic E-state index is 6.30. The quantitative estimate of drug-likeness (QED) is 0.761. The molecule has 0 aromatic carbocycles. The minimum Gasteiger partial charge on any atom is -0.374 e. The van der Waals surface area contributed by atoms with Crippen LogP contribution in [0.5, 0.6) is 0 Å². The number of ether oxygens (including phenoxy) is 1. The monoisotopic (exact) mass is 213 g/mol. The lowest BCUT2D eigenvalue weighted by atomic mass is 9.74. The van der Waals surface area contributed by atoms with Gasteiger partial charge >= 0.3 is 0 Å². The van der Waals surface area contributed by atoms with E-state index in [0.717, 1.165) is 38.2 Å². The molecule has 1 atom stereocenters. The van der Waals surface area contributed by atoms with Crippen LogP contribution < -0.4 is 5.73 Å². The zero-order chi connectivity index (χ0) is 11.3. The fourth-order valence-corrected chi connectivity index (χ4v) is 2.73. The van der Waals surface area contributed by atoms with Gasteiger partial charge in [-0.15, -0.1) is 0 Å². The SMILES string of the molecule is CCC[C@H](N)C1(OCC)CCC(C)CC1. The van der Waals surface area contributed by atoms with E-state index >= 15 is 0 Å². The summed E-state index contributed by atoms with van der Waals surface area (Å²) < 4.78 is 6.01. The number of hydrogen-bond donors (Lipinski definition) is 1. The smallest absolute Gasteiger partial charge is 0.0832 e. The Balaban J connectivity index is 2.61. The van der Waals surface area contributed by atoms with Gasteiger partial charge < -0.3 is 10.5 Å². The third kappa shape index (κ3) is 3.18. The van der Waals surface area contributed by atoms with Gasteiger partial charge in [-0.2, -0.15) is 0 Å². The molecule has 0 aromatic heterocycles. The fraction of sp³-hybridized carbons (Fsp3) is 1.00. The highest BCUT2D eigenvalue weighted by Gasteiger charge is 2.39. The molecule has 0 aromatic rings. The molecule has 90 valence electrons. The summed E-state index contributed by atoms with van der Waals surface area (Å²) in [5, 5.41) is 0. The average molecular weight is 213 g/mol. The Bertz CT molecular complexity index is 173. The van der Waals surface area contributed by atoms with Crippen molar-refractivity contribution >= 4 is 0 Å². The van der Waals surface area contributed by atoms with E-state index in [1.54, 1.807) is 0 Å². The molecule has 15 heavy (non-hydrogen) atoms. The highest BCUT2D eigenvalue weighted by molar-refractivity contribution is 4.94. The summed E-state index contributed by atoms with van der Waals surface area (Å²) in [6.07, 6.45) is 7.11. The lowest BCUT2D eigenvalue weighted by molar-refractivity contribution is -0.0899. The van der Waals surface area contributed by atoms with Crippen molar-refractivity contribution in [1.82, 2.24) is 0 Å². The number of nitrogens with two attached hydrogens (primary N) is 1. The van der Waals surface area contributed by atoms with Crippen molar-refractivity contribution in [2.24, 2.45) is 11.7 Å². The summed E-state index contributed by atoms with van der Waals surface area (Å²) in [6.45, 7) is 7.41. The van der Waals surface area contributed by atoms with Gasteiger partial charge in [0.2, 0.25) is 0 Å². The molecule has 1 aliphatic carbocycles. The van der Waals surface area contributed by atoms with E-state index in [0.29, 0.717) is 0 Å². The predicted molar refractivity (Wildman–Crippen MR) is 64.9 cm³/mol. The van der Waals surface area contributed by atoms with Gasteiger partial charge in [0.05, 0.1) is 5.60 Å². The second-order valence-electron chi connectivity index (χ2n) is 5.08. The Kier molecular flexibility index (Phi) is 5.07. The second-order valence-corrected chi connectivity index (χ2v) is 5.08. The summed E-state index contributed by atoms with van der Waals surface area (Å²) in [4.78, 5) is 0. The number of rotatable bonds is 5. The van der Waals surface area contributed by atoms with E-state index in [4.69, 9.17) is 10.5 Å². The zero-order valence-corrected chi connectivity index (χ0v) is 10.6. The summed E-state index contributed by atoms with van der Waals surface area (Å²) in [5.41, 5.74) is 6.30. The lowest BCUT2D eigenvalue weighted by Gasteiger charge is -2.43. The van der Waals surface area contributed by atoms with Gasteiger partial charge in [0.25, 0.3) is 0 Å². The number of hydrogen-bond acceptors (Lipinski definition) is 2. The Morgan fingerprint density at radius 3 is 2.40 bits per heavy atom. The van der Waals surface area contributed by atoms with Crippen LogP contribution in [0.25, 0.3) is 0 Å². The van der Waals surface area contributed by atoms with Crippen molar-refractivity contribution in [1.29, 1.82) is 0 Å². The molecule has 0 heterocycles. The Morgan fingerprint density at radius 1 is 1.33 bits per heavy atom. The topological polar surface area (TPSA) is 35.2 Å². The molecule has 0 aliphatic heterocycles. The van der Waals surface area contributed by atoms with E-state index in [1.165, 1.54) is 12.8 Å². The molecular formula is C13H27NO. The molecule has 0 amide bonds. The highest BCUT2D eigenvalue weighted by Crippen LogP contribution is 2.37. The third-order valence-electron chi connectivity index (χ3n) is 3.83. The molecule has 1 aliphatic rings. The van der Waals surface area contributed by atoms with Gasteiger partial charge in [0, 0.05) is 12.6 Å². The molecule has 0 bridgehead atoms. The first-order valence-electron chi connectivity index (χ1n) is 6.54. The van der Waals surface area contributed by atoms with Crippen molar-refractivity contribution < 1.29 is 4.74 Å². The largest absolute Gasteiger partial charge is 0.374 e. The molecule has 2 nitrogen and oxygen atoms in total. The summed E-state index contributed by atoms with van der Waals surface area (Å²) >= 11 is 0. The Hall–Kier alpha value is -0.0800. The molecule has 1 saturated carbocycles. The minimum absolute atomic E-state index is 0.00271. The minimum atomic E-state index is -0.00271. The van der Waals surface area contributed by atoms with Crippen LogP contribution in [0.2, 0.25) is 0 Å². The molecule has 2 N–H and O–H groups in total. The van der Waals surface area contributed by atoms with Gasteiger partial charge in [-0.3, -0.25) is 0 Å². The van der Waals surface area contributed by atoms with Crippen LogP contribution in [0.4, 0.5) is 0 Å². The van der Waals surface area contributed by atoms with Crippen molar-refractivity contribution in [3.05, 3.63) is 0 Å². The van der Waals surface area contributed by atoms with E-state index in [2.05, 4.69) is 20.8 Å². The van der Waals surface area contributed by atoms with Gasteiger partial charge in [0.15, 0.2) is 0 Å². The fourth-order valence-electron chi connectivity index (χ4n) is 2.73. The molecule has 0 saturated heterocycles. The Morgan fingerprint density at radius 2 is 1.93 bits per heavy atom.